The number of carbonyl (C=O) groups is 3. The highest BCUT2D eigenvalue weighted by Gasteiger charge is 2.78. The Morgan fingerprint density at radius 3 is 2.63 bits per heavy atom. The number of ether oxygens (including phenoxy) is 2. The van der Waals surface area contributed by atoms with Crippen LogP contribution >= 0.6 is 0 Å². The highest BCUT2D eigenvalue weighted by molar-refractivity contribution is 6.02. The molecule has 216 valence electrons. The fraction of sp³-hybridized carbons (Fsp3) is 0.483. The third-order valence-electron chi connectivity index (χ3n) is 8.81. The molecule has 3 fully saturated rings. The van der Waals surface area contributed by atoms with Crippen molar-refractivity contribution in [2.45, 2.75) is 57.0 Å². The van der Waals surface area contributed by atoms with Crippen LogP contribution in [0.4, 0.5) is 5.69 Å². The summed E-state index contributed by atoms with van der Waals surface area (Å²) >= 11 is 0. The highest BCUT2D eigenvalue weighted by atomic mass is 16.5. The van der Waals surface area contributed by atoms with Gasteiger partial charge >= 0.3 is 0 Å². The van der Waals surface area contributed by atoms with Crippen molar-refractivity contribution in [1.29, 1.82) is 0 Å². The van der Waals surface area contributed by atoms with Gasteiger partial charge in [-0.25, -0.2) is 4.68 Å². The minimum Gasteiger partial charge on any atom is -0.494 e. The van der Waals surface area contributed by atoms with Crippen LogP contribution in [-0.4, -0.2) is 79.7 Å². The van der Waals surface area contributed by atoms with Crippen molar-refractivity contribution in [2.75, 3.05) is 25.1 Å². The average Bonchev–Trinajstić information content (AvgIpc) is 3.70. The quantitative estimate of drug-likeness (QED) is 0.338. The number of fused-ring (bicyclic) bond motifs is 2. The molecule has 4 heterocycles. The molecule has 2 unspecified atom stereocenters. The number of benzene rings is 2. The van der Waals surface area contributed by atoms with Crippen molar-refractivity contribution in [2.24, 2.45) is 11.8 Å². The number of anilines is 1. The molecule has 3 amide bonds. The molecule has 12 nitrogen and oxygen atoms in total. The summed E-state index contributed by atoms with van der Waals surface area (Å²) in [5.41, 5.74) is -0.0253. The summed E-state index contributed by atoms with van der Waals surface area (Å²) in [6.45, 7) is 4.04. The molecular formula is C29H34N6O6. The molecule has 1 aromatic heterocycles. The molecule has 0 aliphatic carbocycles. The zero-order valence-corrected chi connectivity index (χ0v) is 23.1. The van der Waals surface area contributed by atoms with Gasteiger partial charge in [0.05, 0.1) is 36.2 Å². The van der Waals surface area contributed by atoms with Crippen molar-refractivity contribution < 1.29 is 29.0 Å². The van der Waals surface area contributed by atoms with Gasteiger partial charge in [0.2, 0.25) is 17.7 Å². The van der Waals surface area contributed by atoms with Crippen molar-refractivity contribution in [3.63, 3.8) is 0 Å². The van der Waals surface area contributed by atoms with Crippen LogP contribution in [-0.2, 0) is 25.8 Å². The Labute approximate surface area is 237 Å². The maximum absolute atomic E-state index is 14.0. The lowest BCUT2D eigenvalue weighted by atomic mass is 9.65. The van der Waals surface area contributed by atoms with Gasteiger partial charge < -0.3 is 30.1 Å². The lowest BCUT2D eigenvalue weighted by Gasteiger charge is -2.33. The third-order valence-corrected chi connectivity index (χ3v) is 8.81. The monoisotopic (exact) mass is 562 g/mol. The van der Waals surface area contributed by atoms with Crippen molar-refractivity contribution in [3.05, 3.63) is 48.5 Å². The maximum Gasteiger partial charge on any atom is 0.247 e. The van der Waals surface area contributed by atoms with Gasteiger partial charge in [-0.1, -0.05) is 24.3 Å². The molecule has 41 heavy (non-hydrogen) atoms. The topological polar surface area (TPSA) is 148 Å². The zero-order valence-electron chi connectivity index (χ0n) is 23.1. The first-order valence-corrected chi connectivity index (χ1v) is 14.1. The van der Waals surface area contributed by atoms with Crippen molar-refractivity contribution >= 4 is 34.4 Å². The fourth-order valence-corrected chi connectivity index (χ4v) is 7.07. The number of nitrogens with one attached hydrogen (secondary N) is 2. The number of para-hydroxylation sites is 1. The Morgan fingerprint density at radius 2 is 1.90 bits per heavy atom. The standard InChI is InChI=1S/C29H34N6O6/c1-3-28-13-14-29(41-28)23(22(28)25(37)31-18-9-11-19(12-10-18)40-4-2)27(39)34(15-16-36)24(29)26(38)30-17-35-21-8-6-5-7-20(21)32-33-35/h5-12,22-24,36H,3-4,13-17H2,1-2H3,(H,30,38)(H,31,37)/t22-,23+,24?,28+,29?/m1/s1. The number of carbonyl (C=O) groups excluding carboxylic acids is 3. The van der Waals surface area contributed by atoms with Gasteiger partial charge in [-0.2, -0.15) is 0 Å². The molecule has 2 aromatic carbocycles. The third kappa shape index (κ3) is 4.24. The van der Waals surface area contributed by atoms with Crippen LogP contribution in [0.15, 0.2) is 48.5 Å². The van der Waals surface area contributed by atoms with Gasteiger partial charge in [-0.05, 0) is 62.6 Å². The number of rotatable bonds is 10. The summed E-state index contributed by atoms with van der Waals surface area (Å²) < 4.78 is 13.8. The number of β-amino-alcohol motifs (C(OH)–C–C–N with tert-alkyl or cyclic N) is 1. The van der Waals surface area contributed by atoms with Crippen LogP contribution in [0, 0.1) is 11.8 Å². The predicted molar refractivity (Wildman–Crippen MR) is 148 cm³/mol. The van der Waals surface area contributed by atoms with Gasteiger partial charge in [0.15, 0.2) is 0 Å². The van der Waals surface area contributed by atoms with Gasteiger partial charge in [0.1, 0.15) is 29.6 Å². The van der Waals surface area contributed by atoms with E-state index in [-0.39, 0.29) is 31.6 Å². The maximum atomic E-state index is 14.0. The summed E-state index contributed by atoms with van der Waals surface area (Å²) in [5, 5.41) is 23.9. The first-order chi connectivity index (χ1) is 19.9. The highest BCUT2D eigenvalue weighted by Crippen LogP contribution is 2.64. The minimum atomic E-state index is -1.18. The molecule has 1 spiro atoms. The summed E-state index contributed by atoms with van der Waals surface area (Å²) in [5.74, 6) is -2.06. The van der Waals surface area contributed by atoms with E-state index in [4.69, 9.17) is 9.47 Å². The lowest BCUT2D eigenvalue weighted by Crippen LogP contribution is -2.55. The Bertz CT molecular complexity index is 1480. The average molecular weight is 563 g/mol. The zero-order chi connectivity index (χ0) is 28.8. The van der Waals surface area contributed by atoms with Crippen LogP contribution < -0.4 is 15.4 Å². The predicted octanol–water partition coefficient (Wildman–Crippen LogP) is 1.69. The minimum absolute atomic E-state index is 0.0400. The fourth-order valence-electron chi connectivity index (χ4n) is 7.07. The summed E-state index contributed by atoms with van der Waals surface area (Å²) in [4.78, 5) is 43.0. The van der Waals surface area contributed by atoms with E-state index in [9.17, 15) is 19.5 Å². The number of hydrogen-bond donors (Lipinski definition) is 3. The number of likely N-dealkylation sites (tertiary alicyclic amines) is 1. The van der Waals surface area contributed by atoms with E-state index in [1.54, 1.807) is 28.9 Å². The second-order valence-corrected chi connectivity index (χ2v) is 10.8. The Hall–Kier alpha value is -4.03. The first-order valence-electron chi connectivity index (χ1n) is 14.1. The van der Waals surface area contributed by atoms with Crippen LogP contribution in [0.25, 0.3) is 11.0 Å². The summed E-state index contributed by atoms with van der Waals surface area (Å²) in [6.07, 6.45) is 1.51. The molecule has 0 saturated carbocycles. The number of aliphatic hydroxyl groups is 1. The van der Waals surface area contributed by atoms with E-state index in [0.717, 1.165) is 5.52 Å². The Balaban J connectivity index is 1.28. The molecule has 0 radical (unpaired) electrons. The molecule has 2 bridgehead atoms. The van der Waals surface area contributed by atoms with E-state index in [0.29, 0.717) is 42.8 Å². The van der Waals surface area contributed by atoms with E-state index in [2.05, 4.69) is 20.9 Å². The Kier molecular flexibility index (Phi) is 6.90. The summed E-state index contributed by atoms with van der Waals surface area (Å²) in [7, 11) is 0. The van der Waals surface area contributed by atoms with E-state index in [1.165, 1.54) is 4.90 Å². The van der Waals surface area contributed by atoms with Gasteiger partial charge in [0, 0.05) is 12.2 Å². The van der Waals surface area contributed by atoms with Crippen LogP contribution in [0.3, 0.4) is 0 Å². The van der Waals surface area contributed by atoms with E-state index < -0.39 is 35.0 Å². The number of nitrogens with zero attached hydrogens (tertiary/aromatic N) is 4. The van der Waals surface area contributed by atoms with Crippen LogP contribution in [0.1, 0.15) is 33.1 Å². The van der Waals surface area contributed by atoms with Gasteiger partial charge in [-0.15, -0.1) is 5.10 Å². The lowest BCUT2D eigenvalue weighted by molar-refractivity contribution is -0.147. The molecular weight excluding hydrogens is 528 g/mol. The SMILES string of the molecule is CCOc1ccc(NC(=O)[C@H]2[C@H]3C(=O)N(CCO)C(C(=O)NCn4nnc5ccccc54)C34CC[C@]2(CC)O4)cc1. The van der Waals surface area contributed by atoms with E-state index in [1.807, 2.05) is 38.1 Å². The number of hydrogen-bond acceptors (Lipinski definition) is 8. The van der Waals surface area contributed by atoms with Crippen molar-refractivity contribution in [3.8, 4) is 5.75 Å². The second-order valence-electron chi connectivity index (χ2n) is 10.8. The molecule has 3 saturated heterocycles. The summed E-state index contributed by atoms with van der Waals surface area (Å²) in [6, 6.07) is 13.5. The molecule has 3 N–H and O–H groups in total. The largest absolute Gasteiger partial charge is 0.494 e. The van der Waals surface area contributed by atoms with Crippen LogP contribution in [0.5, 0.6) is 5.75 Å². The normalized spacial score (nSPS) is 28.2. The molecule has 12 heteroatoms. The van der Waals surface area contributed by atoms with Crippen LogP contribution in [0.2, 0.25) is 0 Å². The van der Waals surface area contributed by atoms with Crippen molar-refractivity contribution in [1.82, 2.24) is 25.2 Å². The number of amides is 3. The van der Waals surface area contributed by atoms with E-state index >= 15 is 0 Å². The molecule has 3 aromatic rings. The smallest absolute Gasteiger partial charge is 0.247 e. The Morgan fingerprint density at radius 1 is 1.12 bits per heavy atom. The second kappa shape index (κ2) is 10.4. The number of aromatic nitrogens is 3. The first kappa shape index (κ1) is 27.2. The van der Waals surface area contributed by atoms with Gasteiger partial charge in [0.25, 0.3) is 0 Å². The van der Waals surface area contributed by atoms with Gasteiger partial charge in [-0.3, -0.25) is 14.4 Å². The molecule has 5 atom stereocenters. The molecule has 3 aliphatic heterocycles. The molecule has 3 aliphatic rings. The number of aliphatic hydroxyl groups excluding tert-OH is 1. The molecule has 6 rings (SSSR count).